The monoisotopic (exact) mass is 291 g/mol. The summed E-state index contributed by atoms with van der Waals surface area (Å²) in [6.07, 6.45) is 1.05. The van der Waals surface area contributed by atoms with Gasteiger partial charge in [0.1, 0.15) is 6.61 Å². The zero-order valence-electron chi connectivity index (χ0n) is 10.6. The number of rotatable bonds is 6. The minimum absolute atomic E-state index is 0. The van der Waals surface area contributed by atoms with Crippen molar-refractivity contribution in [1.82, 2.24) is 5.32 Å². The summed E-state index contributed by atoms with van der Waals surface area (Å²) in [4.78, 5) is 11.6. The van der Waals surface area contributed by atoms with Crippen LogP contribution in [0.25, 0.3) is 0 Å². The Hall–Kier alpha value is -0.770. The summed E-state index contributed by atoms with van der Waals surface area (Å²) in [5.41, 5.74) is 0.415. The van der Waals surface area contributed by atoms with Gasteiger partial charge in [-0.1, -0.05) is 30.7 Å². The fourth-order valence-electron chi connectivity index (χ4n) is 1.30. The SMILES string of the molecule is CCC(C)NCCOC(=O)c1ccccc1Cl.Cl. The molecule has 5 heteroatoms. The standard InChI is InChI=1S/C13H18ClNO2.ClH/c1-3-10(2)15-8-9-17-13(16)11-6-4-5-7-12(11)14;/h4-7,10,15H,3,8-9H2,1-2H3;1H. The second-order valence-electron chi connectivity index (χ2n) is 3.88. The third kappa shape index (κ3) is 5.71. The molecule has 1 unspecified atom stereocenters. The van der Waals surface area contributed by atoms with Crippen LogP contribution in [0, 0.1) is 0 Å². The summed E-state index contributed by atoms with van der Waals surface area (Å²) >= 11 is 5.89. The third-order valence-electron chi connectivity index (χ3n) is 2.53. The molecule has 1 aromatic carbocycles. The van der Waals surface area contributed by atoms with Crippen LogP contribution in [0.5, 0.6) is 0 Å². The Morgan fingerprint density at radius 2 is 2.11 bits per heavy atom. The molecule has 3 nitrogen and oxygen atoms in total. The van der Waals surface area contributed by atoms with Gasteiger partial charge in [-0.25, -0.2) is 4.79 Å². The second-order valence-corrected chi connectivity index (χ2v) is 4.29. The molecule has 0 radical (unpaired) electrons. The van der Waals surface area contributed by atoms with E-state index >= 15 is 0 Å². The van der Waals surface area contributed by atoms with Crippen LogP contribution in [-0.2, 0) is 4.74 Å². The molecule has 0 spiro atoms. The molecular weight excluding hydrogens is 273 g/mol. The van der Waals surface area contributed by atoms with E-state index < -0.39 is 0 Å². The first-order valence-electron chi connectivity index (χ1n) is 5.80. The lowest BCUT2D eigenvalue weighted by Crippen LogP contribution is -2.29. The summed E-state index contributed by atoms with van der Waals surface area (Å²) in [5, 5.41) is 3.67. The number of esters is 1. The van der Waals surface area contributed by atoms with Gasteiger partial charge in [-0.2, -0.15) is 0 Å². The molecule has 0 bridgehead atoms. The highest BCUT2D eigenvalue weighted by molar-refractivity contribution is 6.33. The van der Waals surface area contributed by atoms with Gasteiger partial charge in [0.05, 0.1) is 10.6 Å². The number of halogens is 2. The molecule has 0 aliphatic carbocycles. The number of ether oxygens (including phenoxy) is 1. The molecule has 0 fully saturated rings. The minimum atomic E-state index is -0.374. The molecule has 0 aliphatic heterocycles. The fraction of sp³-hybridized carbons (Fsp3) is 0.462. The minimum Gasteiger partial charge on any atom is -0.461 e. The lowest BCUT2D eigenvalue weighted by molar-refractivity contribution is 0.0506. The topological polar surface area (TPSA) is 38.3 Å². The van der Waals surface area contributed by atoms with Crippen molar-refractivity contribution in [2.24, 2.45) is 0 Å². The van der Waals surface area contributed by atoms with Gasteiger partial charge in [0.15, 0.2) is 0 Å². The lowest BCUT2D eigenvalue weighted by atomic mass is 10.2. The maximum atomic E-state index is 11.6. The highest BCUT2D eigenvalue weighted by atomic mass is 35.5. The summed E-state index contributed by atoms with van der Waals surface area (Å²) in [7, 11) is 0. The number of hydrogen-bond acceptors (Lipinski definition) is 3. The summed E-state index contributed by atoms with van der Waals surface area (Å²) in [5.74, 6) is -0.374. The van der Waals surface area contributed by atoms with Crippen LogP contribution in [0.2, 0.25) is 5.02 Å². The van der Waals surface area contributed by atoms with Crippen LogP contribution in [0.3, 0.4) is 0 Å². The van der Waals surface area contributed by atoms with Crippen LogP contribution in [0.4, 0.5) is 0 Å². The van der Waals surface area contributed by atoms with Crippen LogP contribution in [0.15, 0.2) is 24.3 Å². The summed E-state index contributed by atoms with van der Waals surface area (Å²) < 4.78 is 5.12. The molecule has 0 saturated heterocycles. The van der Waals surface area contributed by atoms with Crippen LogP contribution >= 0.6 is 24.0 Å². The molecule has 0 heterocycles. The van der Waals surface area contributed by atoms with Gasteiger partial charge in [-0.05, 0) is 25.5 Å². The molecular formula is C13H19Cl2NO2. The van der Waals surface area contributed by atoms with Crippen molar-refractivity contribution in [2.45, 2.75) is 26.3 Å². The van der Waals surface area contributed by atoms with Gasteiger partial charge < -0.3 is 10.1 Å². The Morgan fingerprint density at radius 1 is 1.44 bits per heavy atom. The number of carbonyl (C=O) groups excluding carboxylic acids is 1. The molecule has 1 N–H and O–H groups in total. The van der Waals surface area contributed by atoms with E-state index in [1.54, 1.807) is 24.3 Å². The lowest BCUT2D eigenvalue weighted by Gasteiger charge is -2.11. The van der Waals surface area contributed by atoms with Gasteiger partial charge in [0.25, 0.3) is 0 Å². The zero-order chi connectivity index (χ0) is 12.7. The average Bonchev–Trinajstić information content (AvgIpc) is 2.34. The second kappa shape index (κ2) is 9.20. The first kappa shape index (κ1) is 17.2. The maximum Gasteiger partial charge on any atom is 0.339 e. The van der Waals surface area contributed by atoms with Crippen molar-refractivity contribution in [1.29, 1.82) is 0 Å². The Bertz CT molecular complexity index is 372. The maximum absolute atomic E-state index is 11.6. The average molecular weight is 292 g/mol. The quantitative estimate of drug-likeness (QED) is 0.646. The van der Waals surface area contributed by atoms with Crippen LogP contribution < -0.4 is 5.32 Å². The zero-order valence-corrected chi connectivity index (χ0v) is 12.2. The van der Waals surface area contributed by atoms with Crippen molar-refractivity contribution < 1.29 is 9.53 Å². The Morgan fingerprint density at radius 3 is 2.72 bits per heavy atom. The Kier molecular flexibility index (Phi) is 8.81. The molecule has 0 saturated carbocycles. The van der Waals surface area contributed by atoms with Gasteiger partial charge in [0.2, 0.25) is 0 Å². The number of benzene rings is 1. The predicted octanol–water partition coefficient (Wildman–Crippen LogP) is 3.31. The summed E-state index contributed by atoms with van der Waals surface area (Å²) in [6, 6.07) is 7.32. The van der Waals surface area contributed by atoms with E-state index in [-0.39, 0.29) is 18.4 Å². The highest BCUT2D eigenvalue weighted by Crippen LogP contribution is 2.15. The Labute approximate surface area is 119 Å². The van der Waals surface area contributed by atoms with Gasteiger partial charge in [-0.3, -0.25) is 0 Å². The van der Waals surface area contributed by atoms with Crippen molar-refractivity contribution in [3.05, 3.63) is 34.9 Å². The van der Waals surface area contributed by atoms with Crippen molar-refractivity contribution in [3.8, 4) is 0 Å². The predicted molar refractivity (Wildman–Crippen MR) is 76.7 cm³/mol. The number of hydrogen-bond donors (Lipinski definition) is 1. The van der Waals surface area contributed by atoms with E-state index in [1.165, 1.54) is 0 Å². The van der Waals surface area contributed by atoms with E-state index in [0.717, 1.165) is 6.42 Å². The van der Waals surface area contributed by atoms with E-state index in [0.29, 0.717) is 29.8 Å². The summed E-state index contributed by atoms with van der Waals surface area (Å²) in [6.45, 7) is 5.21. The molecule has 1 aromatic rings. The van der Waals surface area contributed by atoms with Gasteiger partial charge in [-0.15, -0.1) is 12.4 Å². The van der Waals surface area contributed by atoms with E-state index in [2.05, 4.69) is 19.2 Å². The molecule has 18 heavy (non-hydrogen) atoms. The Balaban J connectivity index is 0.00000289. The van der Waals surface area contributed by atoms with Gasteiger partial charge >= 0.3 is 5.97 Å². The molecule has 1 rings (SSSR count). The van der Waals surface area contributed by atoms with E-state index in [9.17, 15) is 4.79 Å². The van der Waals surface area contributed by atoms with Crippen molar-refractivity contribution in [3.63, 3.8) is 0 Å². The van der Waals surface area contributed by atoms with Crippen molar-refractivity contribution >= 4 is 30.0 Å². The largest absolute Gasteiger partial charge is 0.461 e. The molecule has 0 aromatic heterocycles. The highest BCUT2D eigenvalue weighted by Gasteiger charge is 2.10. The normalized spacial score (nSPS) is 11.5. The first-order chi connectivity index (χ1) is 8.15. The van der Waals surface area contributed by atoms with Crippen LogP contribution in [-0.4, -0.2) is 25.2 Å². The van der Waals surface area contributed by atoms with Crippen molar-refractivity contribution in [2.75, 3.05) is 13.2 Å². The third-order valence-corrected chi connectivity index (χ3v) is 2.86. The number of carbonyl (C=O) groups is 1. The molecule has 0 aliphatic rings. The number of nitrogens with one attached hydrogen (secondary N) is 1. The smallest absolute Gasteiger partial charge is 0.339 e. The molecule has 102 valence electrons. The van der Waals surface area contributed by atoms with Gasteiger partial charge in [0, 0.05) is 12.6 Å². The first-order valence-corrected chi connectivity index (χ1v) is 6.18. The van der Waals surface area contributed by atoms with E-state index in [1.807, 2.05) is 0 Å². The van der Waals surface area contributed by atoms with E-state index in [4.69, 9.17) is 16.3 Å². The van der Waals surface area contributed by atoms with Crippen LogP contribution in [0.1, 0.15) is 30.6 Å². The fourth-order valence-corrected chi connectivity index (χ4v) is 1.51. The molecule has 1 atom stereocenters. The molecule has 0 amide bonds.